The lowest BCUT2D eigenvalue weighted by atomic mass is 10.1. The number of hydrogen-bond acceptors (Lipinski definition) is 3. The van der Waals surface area contributed by atoms with Crippen LogP contribution in [0.5, 0.6) is 5.75 Å². The Kier molecular flexibility index (Phi) is 5.58. The SMILES string of the molecule is Cc1ccc(OCC(=O)N(C)Cc2ccc(C(=O)O)cc2)cc1C. The standard InChI is InChI=1S/C19H21NO4/c1-13-4-9-17(10-14(13)2)24-12-18(21)20(3)11-15-5-7-16(8-6-15)19(22)23/h4-10H,11-12H2,1-3H3,(H,22,23). The molecular weight excluding hydrogens is 306 g/mol. The van der Waals surface area contributed by atoms with Crippen molar-refractivity contribution in [2.45, 2.75) is 20.4 Å². The summed E-state index contributed by atoms with van der Waals surface area (Å²) in [4.78, 5) is 24.5. The van der Waals surface area contributed by atoms with Crippen LogP contribution in [0.3, 0.4) is 0 Å². The Balaban J connectivity index is 1.89. The fourth-order valence-electron chi connectivity index (χ4n) is 2.17. The van der Waals surface area contributed by atoms with Crippen molar-refractivity contribution in [1.29, 1.82) is 0 Å². The summed E-state index contributed by atoms with van der Waals surface area (Å²) in [7, 11) is 1.69. The second-order valence-corrected chi connectivity index (χ2v) is 5.79. The molecule has 0 spiro atoms. The van der Waals surface area contributed by atoms with Gasteiger partial charge in [0, 0.05) is 13.6 Å². The smallest absolute Gasteiger partial charge is 0.335 e. The zero-order valence-electron chi connectivity index (χ0n) is 14.1. The molecule has 1 N–H and O–H groups in total. The largest absolute Gasteiger partial charge is 0.484 e. The van der Waals surface area contributed by atoms with Crippen LogP contribution < -0.4 is 4.74 Å². The number of carboxylic acid groups (broad SMARTS) is 1. The highest BCUT2D eigenvalue weighted by molar-refractivity contribution is 5.87. The summed E-state index contributed by atoms with van der Waals surface area (Å²) in [5.41, 5.74) is 3.38. The predicted molar refractivity (Wildman–Crippen MR) is 91.3 cm³/mol. The van der Waals surface area contributed by atoms with Crippen molar-refractivity contribution in [3.63, 3.8) is 0 Å². The molecule has 5 heteroatoms. The third-order valence-electron chi connectivity index (χ3n) is 3.89. The number of rotatable bonds is 6. The summed E-state index contributed by atoms with van der Waals surface area (Å²) in [6.45, 7) is 4.38. The van der Waals surface area contributed by atoms with Gasteiger partial charge >= 0.3 is 5.97 Å². The summed E-state index contributed by atoms with van der Waals surface area (Å²) < 4.78 is 5.54. The predicted octanol–water partition coefficient (Wildman–Crippen LogP) is 3.04. The number of carbonyl (C=O) groups is 2. The minimum Gasteiger partial charge on any atom is -0.484 e. The molecule has 2 rings (SSSR count). The molecule has 0 saturated carbocycles. The first kappa shape index (κ1) is 17.5. The van der Waals surface area contributed by atoms with Gasteiger partial charge in [-0.3, -0.25) is 4.79 Å². The van der Waals surface area contributed by atoms with Crippen LogP contribution in [0.2, 0.25) is 0 Å². The van der Waals surface area contributed by atoms with E-state index in [2.05, 4.69) is 0 Å². The second-order valence-electron chi connectivity index (χ2n) is 5.79. The molecule has 126 valence electrons. The van der Waals surface area contributed by atoms with Crippen LogP contribution in [0, 0.1) is 13.8 Å². The average Bonchev–Trinajstić information content (AvgIpc) is 2.56. The fourth-order valence-corrected chi connectivity index (χ4v) is 2.17. The summed E-state index contributed by atoms with van der Waals surface area (Å²) in [5.74, 6) is -0.436. The van der Waals surface area contributed by atoms with Gasteiger partial charge in [-0.15, -0.1) is 0 Å². The highest BCUT2D eigenvalue weighted by Gasteiger charge is 2.11. The van der Waals surface area contributed by atoms with E-state index in [4.69, 9.17) is 9.84 Å². The lowest BCUT2D eigenvalue weighted by Gasteiger charge is -2.18. The van der Waals surface area contributed by atoms with Gasteiger partial charge in [0.15, 0.2) is 6.61 Å². The Labute approximate surface area is 141 Å². The molecule has 5 nitrogen and oxygen atoms in total. The summed E-state index contributed by atoms with van der Waals surface area (Å²) in [5, 5.41) is 8.88. The number of carbonyl (C=O) groups excluding carboxylic acids is 1. The molecule has 2 aromatic rings. The van der Waals surface area contributed by atoms with Gasteiger partial charge in [0.1, 0.15) is 5.75 Å². The first-order chi connectivity index (χ1) is 11.4. The molecule has 0 heterocycles. The normalized spacial score (nSPS) is 10.3. The van der Waals surface area contributed by atoms with E-state index in [-0.39, 0.29) is 18.1 Å². The molecule has 0 saturated heterocycles. The molecular formula is C19H21NO4. The number of benzene rings is 2. The number of hydrogen-bond donors (Lipinski definition) is 1. The molecule has 1 amide bonds. The van der Waals surface area contributed by atoms with Crippen LogP contribution in [0.25, 0.3) is 0 Å². The number of likely N-dealkylation sites (N-methyl/N-ethyl adjacent to an activating group) is 1. The van der Waals surface area contributed by atoms with Crippen LogP contribution in [0.15, 0.2) is 42.5 Å². The van der Waals surface area contributed by atoms with Gasteiger partial charge in [0.25, 0.3) is 5.91 Å². The van der Waals surface area contributed by atoms with Crippen molar-refractivity contribution in [3.05, 3.63) is 64.7 Å². The highest BCUT2D eigenvalue weighted by Crippen LogP contribution is 2.16. The number of ether oxygens (including phenoxy) is 1. The number of aromatic carboxylic acids is 1. The Morgan fingerprint density at radius 3 is 2.29 bits per heavy atom. The minimum atomic E-state index is -0.965. The molecule has 2 aromatic carbocycles. The van der Waals surface area contributed by atoms with E-state index in [1.54, 1.807) is 24.1 Å². The first-order valence-corrected chi connectivity index (χ1v) is 7.63. The molecule has 0 radical (unpaired) electrons. The number of amides is 1. The molecule has 24 heavy (non-hydrogen) atoms. The Bertz CT molecular complexity index is 738. The van der Waals surface area contributed by atoms with Crippen molar-refractivity contribution >= 4 is 11.9 Å². The van der Waals surface area contributed by atoms with E-state index in [1.807, 2.05) is 32.0 Å². The van der Waals surface area contributed by atoms with Crippen LogP contribution in [0.1, 0.15) is 27.0 Å². The van der Waals surface area contributed by atoms with Gasteiger partial charge in [0.2, 0.25) is 0 Å². The van der Waals surface area contributed by atoms with Crippen LogP contribution in [-0.4, -0.2) is 35.5 Å². The summed E-state index contributed by atoms with van der Waals surface area (Å²) >= 11 is 0. The number of nitrogens with zero attached hydrogens (tertiary/aromatic N) is 1. The maximum atomic E-state index is 12.2. The quantitative estimate of drug-likeness (QED) is 0.885. The number of aryl methyl sites for hydroxylation is 2. The first-order valence-electron chi connectivity index (χ1n) is 7.63. The molecule has 0 unspecified atom stereocenters. The van der Waals surface area contributed by atoms with Gasteiger partial charge in [-0.25, -0.2) is 4.79 Å². The van der Waals surface area contributed by atoms with Crippen molar-refractivity contribution in [1.82, 2.24) is 4.90 Å². The molecule has 0 atom stereocenters. The van der Waals surface area contributed by atoms with E-state index in [0.29, 0.717) is 12.3 Å². The molecule has 0 fully saturated rings. The van der Waals surface area contributed by atoms with Gasteiger partial charge in [0.05, 0.1) is 5.56 Å². The minimum absolute atomic E-state index is 0.0355. The Morgan fingerprint density at radius 1 is 1.04 bits per heavy atom. The van der Waals surface area contributed by atoms with Crippen molar-refractivity contribution in [2.24, 2.45) is 0 Å². The summed E-state index contributed by atoms with van der Waals surface area (Å²) in [6, 6.07) is 12.2. The van der Waals surface area contributed by atoms with Gasteiger partial charge < -0.3 is 14.7 Å². The zero-order chi connectivity index (χ0) is 17.7. The van der Waals surface area contributed by atoms with Crippen LogP contribution in [-0.2, 0) is 11.3 Å². The third kappa shape index (κ3) is 4.59. The second kappa shape index (κ2) is 7.64. The Hall–Kier alpha value is -2.82. The van der Waals surface area contributed by atoms with E-state index < -0.39 is 5.97 Å². The molecule has 0 aliphatic heterocycles. The third-order valence-corrected chi connectivity index (χ3v) is 3.89. The average molecular weight is 327 g/mol. The monoisotopic (exact) mass is 327 g/mol. The van der Waals surface area contributed by atoms with E-state index >= 15 is 0 Å². The topological polar surface area (TPSA) is 66.8 Å². The molecule has 0 aliphatic rings. The van der Waals surface area contributed by atoms with Gasteiger partial charge in [-0.05, 0) is 54.8 Å². The van der Waals surface area contributed by atoms with Crippen LogP contribution >= 0.6 is 0 Å². The molecule has 0 bridgehead atoms. The fraction of sp³-hybridized carbons (Fsp3) is 0.263. The van der Waals surface area contributed by atoms with Crippen molar-refractivity contribution in [3.8, 4) is 5.75 Å². The molecule has 0 aromatic heterocycles. The van der Waals surface area contributed by atoms with Crippen LogP contribution in [0.4, 0.5) is 0 Å². The van der Waals surface area contributed by atoms with Crippen molar-refractivity contribution in [2.75, 3.05) is 13.7 Å². The Morgan fingerprint density at radius 2 is 1.71 bits per heavy atom. The number of carboxylic acids is 1. The van der Waals surface area contributed by atoms with Crippen molar-refractivity contribution < 1.29 is 19.4 Å². The maximum absolute atomic E-state index is 12.2. The lowest BCUT2D eigenvalue weighted by Crippen LogP contribution is -2.31. The molecule has 0 aliphatic carbocycles. The lowest BCUT2D eigenvalue weighted by molar-refractivity contribution is -0.132. The van der Waals surface area contributed by atoms with Gasteiger partial charge in [-0.1, -0.05) is 18.2 Å². The zero-order valence-corrected chi connectivity index (χ0v) is 14.1. The van der Waals surface area contributed by atoms with E-state index in [9.17, 15) is 9.59 Å². The van der Waals surface area contributed by atoms with E-state index in [0.717, 1.165) is 11.1 Å². The maximum Gasteiger partial charge on any atom is 0.335 e. The van der Waals surface area contributed by atoms with E-state index in [1.165, 1.54) is 17.7 Å². The highest BCUT2D eigenvalue weighted by atomic mass is 16.5. The summed E-state index contributed by atoms with van der Waals surface area (Å²) in [6.07, 6.45) is 0. The van der Waals surface area contributed by atoms with Gasteiger partial charge in [-0.2, -0.15) is 0 Å².